The number of hydrogen-bond donors (Lipinski definition) is 1. The number of methoxy groups -OCH3 is 1. The van der Waals surface area contributed by atoms with Crippen molar-refractivity contribution in [3.8, 4) is 0 Å². The lowest BCUT2D eigenvalue weighted by molar-refractivity contribution is 0.0600. The van der Waals surface area contributed by atoms with Crippen molar-refractivity contribution in [1.82, 2.24) is 4.72 Å². The summed E-state index contributed by atoms with van der Waals surface area (Å²) in [5.41, 5.74) is 2.40. The molecule has 112 valence electrons. The van der Waals surface area contributed by atoms with E-state index in [-0.39, 0.29) is 16.8 Å². The predicted molar refractivity (Wildman–Crippen MR) is 82.0 cm³/mol. The molecule has 0 aliphatic carbocycles. The minimum absolute atomic E-state index is 0.0551. The molecule has 0 aliphatic heterocycles. The number of hydrogen-bond acceptors (Lipinski definition) is 3. The first-order valence-electron chi connectivity index (χ1n) is 6.53. The fourth-order valence-corrected chi connectivity index (χ4v) is 2.51. The van der Waals surface area contributed by atoms with E-state index in [9.17, 15) is 9.00 Å². The smallest absolute Gasteiger partial charge is 0.338 e. The molecule has 0 bridgehead atoms. The Labute approximate surface area is 123 Å². The van der Waals surface area contributed by atoms with Crippen molar-refractivity contribution >= 4 is 17.0 Å². The molecule has 1 N–H and O–H groups in total. The minimum Gasteiger partial charge on any atom is -0.465 e. The molecule has 0 saturated heterocycles. The molecule has 0 radical (unpaired) electrons. The summed E-state index contributed by atoms with van der Waals surface area (Å²) in [4.78, 5) is 11.5. The molecule has 0 amide bonds. The summed E-state index contributed by atoms with van der Waals surface area (Å²) >= 11 is 0. The topological polar surface area (TPSA) is 55.4 Å². The molecule has 0 saturated carbocycles. The van der Waals surface area contributed by atoms with Crippen molar-refractivity contribution in [3.05, 3.63) is 34.9 Å². The largest absolute Gasteiger partial charge is 0.465 e. The monoisotopic (exact) mass is 297 g/mol. The third-order valence-electron chi connectivity index (χ3n) is 3.00. The Morgan fingerprint density at radius 1 is 1.35 bits per heavy atom. The van der Waals surface area contributed by atoms with Crippen LogP contribution in [0, 0.1) is 6.92 Å². The van der Waals surface area contributed by atoms with Crippen molar-refractivity contribution in [3.63, 3.8) is 0 Å². The molecule has 0 fully saturated rings. The molecule has 5 heteroatoms. The second-order valence-corrected chi connectivity index (χ2v) is 7.78. The van der Waals surface area contributed by atoms with Crippen LogP contribution >= 0.6 is 0 Å². The van der Waals surface area contributed by atoms with Crippen molar-refractivity contribution in [1.29, 1.82) is 0 Å². The zero-order valence-corrected chi connectivity index (χ0v) is 13.8. The molecule has 2 unspecified atom stereocenters. The van der Waals surface area contributed by atoms with Crippen LogP contribution in [0.15, 0.2) is 18.2 Å². The Balaban J connectivity index is 2.91. The summed E-state index contributed by atoms with van der Waals surface area (Å²) in [5.74, 6) is -0.340. The van der Waals surface area contributed by atoms with Gasteiger partial charge in [-0.15, -0.1) is 0 Å². The van der Waals surface area contributed by atoms with E-state index in [1.165, 1.54) is 7.11 Å². The van der Waals surface area contributed by atoms with Gasteiger partial charge in [-0.05, 0) is 51.8 Å². The summed E-state index contributed by atoms with van der Waals surface area (Å²) < 4.78 is 19.6. The highest BCUT2D eigenvalue weighted by atomic mass is 32.2. The Morgan fingerprint density at radius 3 is 2.40 bits per heavy atom. The number of aryl methyl sites for hydroxylation is 1. The van der Waals surface area contributed by atoms with Crippen LogP contribution in [-0.4, -0.2) is 22.0 Å². The van der Waals surface area contributed by atoms with Gasteiger partial charge < -0.3 is 4.74 Å². The summed E-state index contributed by atoms with van der Waals surface area (Å²) in [5, 5.41) is 0. The number of carbonyl (C=O) groups excluding carboxylic acids is 1. The summed E-state index contributed by atoms with van der Waals surface area (Å²) in [7, 11) is 0.236. The molecule has 0 aliphatic rings. The normalized spacial score (nSPS) is 14.7. The molecule has 4 nitrogen and oxygen atoms in total. The number of benzene rings is 1. The number of ether oxygens (including phenoxy) is 1. The maximum absolute atomic E-state index is 12.1. The molecule has 1 rings (SSSR count). The van der Waals surface area contributed by atoms with E-state index in [2.05, 4.69) is 4.72 Å². The average Bonchev–Trinajstić information content (AvgIpc) is 2.36. The third kappa shape index (κ3) is 4.15. The summed E-state index contributed by atoms with van der Waals surface area (Å²) in [6, 6.07) is 5.47. The lowest BCUT2D eigenvalue weighted by atomic mass is 10.0. The van der Waals surface area contributed by atoms with Crippen LogP contribution in [0.25, 0.3) is 0 Å². The van der Waals surface area contributed by atoms with Gasteiger partial charge in [0.25, 0.3) is 0 Å². The van der Waals surface area contributed by atoms with Gasteiger partial charge >= 0.3 is 5.97 Å². The number of nitrogens with one attached hydrogen (secondary N) is 1. The lowest BCUT2D eigenvalue weighted by Crippen LogP contribution is -2.34. The maximum Gasteiger partial charge on any atom is 0.338 e. The second kappa shape index (κ2) is 6.50. The molecule has 1 aromatic rings. The highest BCUT2D eigenvalue weighted by Crippen LogP contribution is 2.20. The minimum atomic E-state index is -1.13. The maximum atomic E-state index is 12.1. The van der Waals surface area contributed by atoms with Gasteiger partial charge in [0.05, 0.1) is 28.4 Å². The van der Waals surface area contributed by atoms with Crippen LogP contribution in [0.4, 0.5) is 0 Å². The van der Waals surface area contributed by atoms with E-state index >= 15 is 0 Å². The van der Waals surface area contributed by atoms with Gasteiger partial charge in [-0.25, -0.2) is 13.7 Å². The molecule has 1 aromatic carbocycles. The van der Waals surface area contributed by atoms with Crippen molar-refractivity contribution in [2.45, 2.75) is 45.4 Å². The molecule has 20 heavy (non-hydrogen) atoms. The van der Waals surface area contributed by atoms with Crippen LogP contribution < -0.4 is 4.72 Å². The van der Waals surface area contributed by atoms with Crippen LogP contribution in [-0.2, 0) is 15.7 Å². The third-order valence-corrected chi connectivity index (χ3v) is 4.68. The Kier molecular flexibility index (Phi) is 5.48. The Bertz CT molecular complexity index is 520. The van der Waals surface area contributed by atoms with E-state index in [0.29, 0.717) is 5.56 Å². The number of carbonyl (C=O) groups is 1. The van der Waals surface area contributed by atoms with E-state index < -0.39 is 11.0 Å². The standard InChI is InChI=1S/C15H23NO3S/c1-10-9-12(7-8-13(10)14(17)19-6)11(2)16-20(18)15(3,4)5/h7-9,11,16H,1-6H3. The Hall–Kier alpha value is -1.20. The van der Waals surface area contributed by atoms with Gasteiger partial charge in [-0.2, -0.15) is 0 Å². The first kappa shape index (κ1) is 16.9. The average molecular weight is 297 g/mol. The molecule has 0 heterocycles. The first-order chi connectivity index (χ1) is 9.16. The summed E-state index contributed by atoms with van der Waals surface area (Å²) in [6.45, 7) is 9.59. The van der Waals surface area contributed by atoms with Gasteiger partial charge in [-0.3, -0.25) is 0 Å². The van der Waals surface area contributed by atoms with Crippen LogP contribution in [0.5, 0.6) is 0 Å². The fraction of sp³-hybridized carbons (Fsp3) is 0.533. The van der Waals surface area contributed by atoms with Gasteiger partial charge in [0.2, 0.25) is 0 Å². The Morgan fingerprint density at radius 2 is 1.95 bits per heavy atom. The van der Waals surface area contributed by atoms with E-state index in [1.54, 1.807) is 6.07 Å². The molecular formula is C15H23NO3S. The zero-order chi connectivity index (χ0) is 15.5. The highest BCUT2D eigenvalue weighted by molar-refractivity contribution is 7.84. The van der Waals surface area contributed by atoms with Gasteiger partial charge in [-0.1, -0.05) is 12.1 Å². The van der Waals surface area contributed by atoms with Gasteiger partial charge in [0.1, 0.15) is 0 Å². The molecular weight excluding hydrogens is 274 g/mol. The number of esters is 1. The first-order valence-corrected chi connectivity index (χ1v) is 7.68. The molecule has 0 aromatic heterocycles. The van der Waals surface area contributed by atoms with Crippen LogP contribution in [0.1, 0.15) is 55.2 Å². The molecule has 0 spiro atoms. The summed E-state index contributed by atoms with van der Waals surface area (Å²) in [6.07, 6.45) is 0. The van der Waals surface area contributed by atoms with Crippen molar-refractivity contribution < 1.29 is 13.7 Å². The van der Waals surface area contributed by atoms with Crippen molar-refractivity contribution in [2.24, 2.45) is 0 Å². The second-order valence-electron chi connectivity index (χ2n) is 5.79. The van der Waals surface area contributed by atoms with Crippen LogP contribution in [0.2, 0.25) is 0 Å². The van der Waals surface area contributed by atoms with E-state index in [0.717, 1.165) is 11.1 Å². The zero-order valence-electron chi connectivity index (χ0n) is 12.9. The van der Waals surface area contributed by atoms with Crippen LogP contribution in [0.3, 0.4) is 0 Å². The number of rotatable bonds is 4. The van der Waals surface area contributed by atoms with Gasteiger partial charge in [0.15, 0.2) is 0 Å². The fourth-order valence-electron chi connectivity index (χ4n) is 1.70. The van der Waals surface area contributed by atoms with Crippen molar-refractivity contribution in [2.75, 3.05) is 7.11 Å². The predicted octanol–water partition coefficient (Wildman–Crippen LogP) is 2.89. The lowest BCUT2D eigenvalue weighted by Gasteiger charge is -2.22. The quantitative estimate of drug-likeness (QED) is 0.869. The SMILES string of the molecule is COC(=O)c1ccc(C(C)NS(=O)C(C)(C)C)cc1C. The highest BCUT2D eigenvalue weighted by Gasteiger charge is 2.22. The van der Waals surface area contributed by atoms with Gasteiger partial charge in [0, 0.05) is 6.04 Å². The van der Waals surface area contributed by atoms with E-state index in [4.69, 9.17) is 4.74 Å². The molecule has 2 atom stereocenters. The van der Waals surface area contributed by atoms with E-state index in [1.807, 2.05) is 46.8 Å².